The number of ether oxygens (including phenoxy) is 1. The molecule has 8 nitrogen and oxygen atoms in total. The summed E-state index contributed by atoms with van der Waals surface area (Å²) in [5, 5.41) is 3.83. The van der Waals surface area contributed by atoms with E-state index in [2.05, 4.69) is 5.32 Å². The summed E-state index contributed by atoms with van der Waals surface area (Å²) < 4.78 is 31.9. The lowest BCUT2D eigenvalue weighted by Gasteiger charge is -2.32. The van der Waals surface area contributed by atoms with Crippen LogP contribution in [0, 0.1) is 5.92 Å². The van der Waals surface area contributed by atoms with Gasteiger partial charge in [0.1, 0.15) is 11.8 Å². The summed E-state index contributed by atoms with van der Waals surface area (Å²) in [6.45, 7) is 4.60. The number of carbonyl (C=O) groups is 2. The van der Waals surface area contributed by atoms with Gasteiger partial charge in [-0.2, -0.15) is 0 Å². The van der Waals surface area contributed by atoms with Gasteiger partial charge >= 0.3 is 0 Å². The van der Waals surface area contributed by atoms with Gasteiger partial charge in [0.05, 0.1) is 19.1 Å². The van der Waals surface area contributed by atoms with Gasteiger partial charge in [-0.25, -0.2) is 8.42 Å². The first-order valence-electron chi connectivity index (χ1n) is 14.1. The van der Waals surface area contributed by atoms with E-state index in [0.29, 0.717) is 40.0 Å². The first kappa shape index (κ1) is 34.2. The maximum absolute atomic E-state index is 14.0. The molecule has 0 aliphatic rings. The molecule has 0 aliphatic heterocycles. The van der Waals surface area contributed by atoms with E-state index in [1.807, 2.05) is 44.2 Å². The van der Waals surface area contributed by atoms with Crippen molar-refractivity contribution >= 4 is 50.7 Å². The first-order valence-corrected chi connectivity index (χ1v) is 16.7. The van der Waals surface area contributed by atoms with E-state index >= 15 is 0 Å². The molecular formula is C32H39Cl2N3O5S. The normalized spacial score (nSPS) is 12.1. The van der Waals surface area contributed by atoms with Gasteiger partial charge in [-0.05, 0) is 47.7 Å². The van der Waals surface area contributed by atoms with Gasteiger partial charge in [-0.15, -0.1) is 0 Å². The Morgan fingerprint density at radius 1 is 0.977 bits per heavy atom. The van der Waals surface area contributed by atoms with Crippen molar-refractivity contribution in [3.05, 3.63) is 94.0 Å². The summed E-state index contributed by atoms with van der Waals surface area (Å²) in [6, 6.07) is 20.4. The number of carbonyl (C=O) groups excluding carboxylic acids is 2. The minimum Gasteiger partial charge on any atom is -0.497 e. The second-order valence-corrected chi connectivity index (χ2v) is 13.5. The molecule has 3 aromatic rings. The van der Waals surface area contributed by atoms with Crippen molar-refractivity contribution < 1.29 is 22.7 Å². The van der Waals surface area contributed by atoms with Crippen LogP contribution < -0.4 is 14.4 Å². The fraction of sp³-hybridized carbons (Fsp3) is 0.375. The minimum absolute atomic E-state index is 0.00392. The highest BCUT2D eigenvalue weighted by molar-refractivity contribution is 7.92. The van der Waals surface area contributed by atoms with Gasteiger partial charge in [0.25, 0.3) is 0 Å². The Bertz CT molecular complexity index is 1490. The van der Waals surface area contributed by atoms with Crippen LogP contribution >= 0.6 is 23.2 Å². The molecule has 3 aromatic carbocycles. The molecule has 1 N–H and O–H groups in total. The monoisotopic (exact) mass is 647 g/mol. The van der Waals surface area contributed by atoms with Crippen LogP contribution in [-0.4, -0.2) is 57.6 Å². The van der Waals surface area contributed by atoms with Gasteiger partial charge in [0, 0.05) is 48.6 Å². The molecule has 0 aliphatic carbocycles. The van der Waals surface area contributed by atoms with E-state index in [-0.39, 0.29) is 43.7 Å². The Balaban J connectivity index is 1.91. The number of methoxy groups -OCH3 is 1. The highest BCUT2D eigenvalue weighted by atomic mass is 35.5. The smallest absolute Gasteiger partial charge is 0.243 e. The fourth-order valence-corrected chi connectivity index (χ4v) is 6.00. The van der Waals surface area contributed by atoms with Crippen molar-refractivity contribution in [2.75, 3.05) is 30.8 Å². The second kappa shape index (κ2) is 16.0. The molecular weight excluding hydrogens is 609 g/mol. The molecule has 2 amide bonds. The predicted octanol–water partition coefficient (Wildman–Crippen LogP) is 5.96. The maximum Gasteiger partial charge on any atom is 0.243 e. The van der Waals surface area contributed by atoms with Crippen molar-refractivity contribution in [3.63, 3.8) is 0 Å². The zero-order chi connectivity index (χ0) is 31.6. The van der Waals surface area contributed by atoms with E-state index in [0.717, 1.165) is 11.8 Å². The molecule has 11 heteroatoms. The molecule has 0 radical (unpaired) electrons. The number of anilines is 1. The summed E-state index contributed by atoms with van der Waals surface area (Å²) in [5.74, 6) is 0.162. The molecule has 0 saturated heterocycles. The molecule has 3 rings (SSSR count). The van der Waals surface area contributed by atoms with E-state index in [4.69, 9.17) is 27.9 Å². The van der Waals surface area contributed by atoms with E-state index in [1.165, 1.54) is 16.3 Å². The SMILES string of the molecule is COc1cccc(N(CCCC(=O)N(Cc2ccc(Cl)cc2Cl)C(Cc2ccccc2)C(=O)NCC(C)C)S(C)(=O)=O)c1. The van der Waals surface area contributed by atoms with E-state index in [1.54, 1.807) is 42.5 Å². The van der Waals surface area contributed by atoms with E-state index < -0.39 is 16.1 Å². The zero-order valence-corrected chi connectivity index (χ0v) is 27.3. The Kier molecular flexibility index (Phi) is 12.7. The summed E-state index contributed by atoms with van der Waals surface area (Å²) in [7, 11) is -2.14. The highest BCUT2D eigenvalue weighted by Crippen LogP contribution is 2.26. The summed E-state index contributed by atoms with van der Waals surface area (Å²) >= 11 is 12.6. The van der Waals surface area contributed by atoms with Gasteiger partial charge in [0.15, 0.2) is 0 Å². The average molecular weight is 649 g/mol. The number of hydrogen-bond acceptors (Lipinski definition) is 5. The largest absolute Gasteiger partial charge is 0.497 e. The van der Waals surface area contributed by atoms with E-state index in [9.17, 15) is 18.0 Å². The number of nitrogens with one attached hydrogen (secondary N) is 1. The fourth-order valence-electron chi connectivity index (χ4n) is 4.58. The number of halogens is 2. The lowest BCUT2D eigenvalue weighted by molar-refractivity contribution is -0.141. The van der Waals surface area contributed by atoms with Crippen LogP contribution in [-0.2, 0) is 32.6 Å². The van der Waals surface area contributed by atoms with Gasteiger partial charge in [-0.3, -0.25) is 13.9 Å². The average Bonchev–Trinajstić information content (AvgIpc) is 2.96. The molecule has 1 atom stereocenters. The molecule has 0 spiro atoms. The minimum atomic E-state index is -3.65. The molecule has 0 fully saturated rings. The van der Waals surface area contributed by atoms with Crippen molar-refractivity contribution in [1.82, 2.24) is 10.2 Å². The molecule has 0 bridgehead atoms. The Morgan fingerprint density at radius 2 is 1.70 bits per heavy atom. The van der Waals surface area contributed by atoms with Crippen LogP contribution in [0.2, 0.25) is 10.0 Å². The number of nitrogens with zero attached hydrogens (tertiary/aromatic N) is 2. The third-order valence-corrected chi connectivity index (χ3v) is 8.59. The number of benzene rings is 3. The Hall–Kier alpha value is -3.27. The van der Waals surface area contributed by atoms with Crippen LogP contribution in [0.3, 0.4) is 0 Å². The van der Waals surface area contributed by atoms with Crippen molar-refractivity contribution in [2.45, 2.75) is 45.7 Å². The molecule has 232 valence electrons. The topological polar surface area (TPSA) is 96.0 Å². The summed E-state index contributed by atoms with van der Waals surface area (Å²) in [5.41, 5.74) is 1.98. The van der Waals surface area contributed by atoms with Crippen molar-refractivity contribution in [2.24, 2.45) is 5.92 Å². The predicted molar refractivity (Wildman–Crippen MR) is 173 cm³/mol. The third kappa shape index (κ3) is 10.4. The summed E-state index contributed by atoms with van der Waals surface area (Å²) in [4.78, 5) is 29.1. The Morgan fingerprint density at radius 3 is 2.33 bits per heavy atom. The number of rotatable bonds is 15. The molecule has 0 saturated carbocycles. The first-order chi connectivity index (χ1) is 20.4. The standard InChI is InChI=1S/C32H39Cl2N3O5S/c1-23(2)21-35-32(39)30(18-24-10-6-5-7-11-24)36(22-25-15-16-26(33)19-29(25)34)31(38)14-9-17-37(43(4,40)41)27-12-8-13-28(20-27)42-3/h5-8,10-13,15-16,19-20,23,30H,9,14,17-18,21-22H2,1-4H3,(H,35,39). The zero-order valence-electron chi connectivity index (χ0n) is 24.9. The number of hydrogen-bond donors (Lipinski definition) is 1. The maximum atomic E-state index is 14.0. The van der Waals surface area contributed by atoms with Gasteiger partial charge < -0.3 is 15.0 Å². The van der Waals surface area contributed by atoms with Crippen LogP contribution in [0.25, 0.3) is 0 Å². The molecule has 1 unspecified atom stereocenters. The number of amides is 2. The van der Waals surface area contributed by atoms with Crippen molar-refractivity contribution in [3.8, 4) is 5.75 Å². The van der Waals surface area contributed by atoms with Gasteiger partial charge in [-0.1, -0.05) is 79.5 Å². The summed E-state index contributed by atoms with van der Waals surface area (Å²) in [6.07, 6.45) is 1.64. The van der Waals surface area contributed by atoms with Crippen LogP contribution in [0.1, 0.15) is 37.8 Å². The highest BCUT2D eigenvalue weighted by Gasteiger charge is 2.31. The molecule has 0 heterocycles. The van der Waals surface area contributed by atoms with Crippen LogP contribution in [0.4, 0.5) is 5.69 Å². The lowest BCUT2D eigenvalue weighted by Crippen LogP contribution is -2.51. The third-order valence-electron chi connectivity index (χ3n) is 6.80. The van der Waals surface area contributed by atoms with Crippen molar-refractivity contribution in [1.29, 1.82) is 0 Å². The van der Waals surface area contributed by atoms with Gasteiger partial charge in [0.2, 0.25) is 21.8 Å². The van der Waals surface area contributed by atoms with Crippen LogP contribution in [0.15, 0.2) is 72.8 Å². The number of sulfonamides is 1. The lowest BCUT2D eigenvalue weighted by atomic mass is 10.0. The quantitative estimate of drug-likeness (QED) is 0.220. The van der Waals surface area contributed by atoms with Crippen LogP contribution in [0.5, 0.6) is 5.75 Å². The molecule has 43 heavy (non-hydrogen) atoms. The molecule has 0 aromatic heterocycles. The second-order valence-electron chi connectivity index (χ2n) is 10.7. The Labute approximate surface area is 265 Å².